The van der Waals surface area contributed by atoms with Crippen LogP contribution in [-0.2, 0) is 6.54 Å². The van der Waals surface area contributed by atoms with E-state index in [4.69, 9.17) is 5.11 Å². The van der Waals surface area contributed by atoms with Crippen LogP contribution in [0.25, 0.3) is 0 Å². The van der Waals surface area contributed by atoms with Crippen molar-refractivity contribution in [3.8, 4) is 0 Å². The minimum absolute atomic E-state index is 0.239. The molecule has 1 aromatic rings. The van der Waals surface area contributed by atoms with Crippen LogP contribution in [0, 0.1) is 5.41 Å². The first kappa shape index (κ1) is 12.2. The average molecular weight is 211 g/mol. The lowest BCUT2D eigenvalue weighted by atomic mass is 9.88. The van der Waals surface area contributed by atoms with E-state index in [1.54, 1.807) is 6.33 Å². The molecule has 0 saturated carbocycles. The van der Waals surface area contributed by atoms with E-state index in [1.165, 1.54) is 0 Å². The fraction of sp³-hybridized carbons (Fsp3) is 0.727. The van der Waals surface area contributed by atoms with Gasteiger partial charge in [0.05, 0.1) is 6.33 Å². The second-order valence-electron chi connectivity index (χ2n) is 4.67. The second-order valence-corrected chi connectivity index (χ2v) is 4.67. The molecular weight excluding hydrogens is 190 g/mol. The summed E-state index contributed by atoms with van der Waals surface area (Å²) >= 11 is 0. The largest absolute Gasteiger partial charge is 0.396 e. The molecule has 0 radical (unpaired) electrons. The summed E-state index contributed by atoms with van der Waals surface area (Å²) in [6.45, 7) is 6.48. The van der Waals surface area contributed by atoms with Crippen LogP contribution in [0.4, 0.5) is 0 Å². The van der Waals surface area contributed by atoms with Gasteiger partial charge in [-0.3, -0.25) is 0 Å². The Bertz CT molecular complexity index is 257. The Balaban J connectivity index is 2.18. The van der Waals surface area contributed by atoms with E-state index in [0.717, 1.165) is 31.6 Å². The number of rotatable bonds is 7. The van der Waals surface area contributed by atoms with E-state index in [2.05, 4.69) is 29.1 Å². The van der Waals surface area contributed by atoms with Crippen LogP contribution in [0.2, 0.25) is 0 Å². The first-order valence-corrected chi connectivity index (χ1v) is 5.43. The third kappa shape index (κ3) is 4.95. The van der Waals surface area contributed by atoms with Crippen LogP contribution in [-0.4, -0.2) is 28.2 Å². The molecule has 3 N–H and O–H groups in total. The quantitative estimate of drug-likeness (QED) is 0.637. The van der Waals surface area contributed by atoms with Gasteiger partial charge >= 0.3 is 0 Å². The number of aliphatic hydroxyl groups is 1. The molecule has 0 unspecified atom stereocenters. The molecule has 0 bridgehead atoms. The van der Waals surface area contributed by atoms with Crippen molar-refractivity contribution in [3.05, 3.63) is 18.2 Å². The summed E-state index contributed by atoms with van der Waals surface area (Å²) in [5.74, 6) is 0. The number of hydrogen-bond acceptors (Lipinski definition) is 3. The average Bonchev–Trinajstić information content (AvgIpc) is 2.67. The van der Waals surface area contributed by atoms with Gasteiger partial charge in [-0.15, -0.1) is 0 Å². The Labute approximate surface area is 91.1 Å². The van der Waals surface area contributed by atoms with E-state index in [9.17, 15) is 0 Å². The molecule has 0 aromatic carbocycles. The minimum Gasteiger partial charge on any atom is -0.396 e. The van der Waals surface area contributed by atoms with E-state index < -0.39 is 0 Å². The number of H-pyrrole nitrogens is 1. The van der Waals surface area contributed by atoms with E-state index in [0.29, 0.717) is 0 Å². The van der Waals surface area contributed by atoms with Crippen molar-refractivity contribution in [3.63, 3.8) is 0 Å². The molecule has 0 aliphatic rings. The third-order valence-electron chi connectivity index (χ3n) is 2.49. The number of imidazole rings is 1. The molecule has 0 fully saturated rings. The Morgan fingerprint density at radius 1 is 1.53 bits per heavy atom. The smallest absolute Gasteiger partial charge is 0.0922 e. The molecule has 4 nitrogen and oxygen atoms in total. The SMILES string of the molecule is CC(C)(CCCO)CNCc1cnc[nH]1. The first-order valence-electron chi connectivity index (χ1n) is 5.43. The number of hydrogen-bond donors (Lipinski definition) is 3. The van der Waals surface area contributed by atoms with Crippen molar-refractivity contribution in [2.45, 2.75) is 33.2 Å². The third-order valence-corrected chi connectivity index (χ3v) is 2.49. The predicted octanol–water partition coefficient (Wildman–Crippen LogP) is 1.30. The maximum Gasteiger partial charge on any atom is 0.0922 e. The summed E-state index contributed by atoms with van der Waals surface area (Å²) in [6.07, 6.45) is 5.43. The highest BCUT2D eigenvalue weighted by molar-refractivity contribution is 4.93. The number of aromatic amines is 1. The van der Waals surface area contributed by atoms with Crippen LogP contribution in [0.3, 0.4) is 0 Å². The lowest BCUT2D eigenvalue weighted by Gasteiger charge is -2.24. The maximum absolute atomic E-state index is 8.77. The Morgan fingerprint density at radius 3 is 2.93 bits per heavy atom. The number of aromatic nitrogens is 2. The highest BCUT2D eigenvalue weighted by Gasteiger charge is 2.16. The van der Waals surface area contributed by atoms with Gasteiger partial charge < -0.3 is 15.4 Å². The van der Waals surface area contributed by atoms with Gasteiger partial charge in [-0.1, -0.05) is 13.8 Å². The maximum atomic E-state index is 8.77. The highest BCUT2D eigenvalue weighted by atomic mass is 16.2. The van der Waals surface area contributed by atoms with Gasteiger partial charge in [-0.05, 0) is 18.3 Å². The molecule has 0 amide bonds. The van der Waals surface area contributed by atoms with Crippen LogP contribution in [0.1, 0.15) is 32.4 Å². The zero-order valence-corrected chi connectivity index (χ0v) is 9.58. The molecule has 1 rings (SSSR count). The van der Waals surface area contributed by atoms with Gasteiger partial charge in [0, 0.05) is 31.6 Å². The van der Waals surface area contributed by atoms with Crippen LogP contribution in [0.15, 0.2) is 12.5 Å². The van der Waals surface area contributed by atoms with Crippen molar-refractivity contribution in [1.29, 1.82) is 0 Å². The fourth-order valence-electron chi connectivity index (χ4n) is 1.56. The van der Waals surface area contributed by atoms with Gasteiger partial charge in [-0.25, -0.2) is 4.98 Å². The molecule has 0 atom stereocenters. The zero-order valence-electron chi connectivity index (χ0n) is 9.58. The number of nitrogens with one attached hydrogen (secondary N) is 2. The predicted molar refractivity (Wildman–Crippen MR) is 60.4 cm³/mol. The van der Waals surface area contributed by atoms with Crippen molar-refractivity contribution < 1.29 is 5.11 Å². The molecule has 0 aliphatic carbocycles. The van der Waals surface area contributed by atoms with Crippen LogP contribution < -0.4 is 5.32 Å². The summed E-state index contributed by atoms with van der Waals surface area (Å²) in [5, 5.41) is 12.2. The van der Waals surface area contributed by atoms with Crippen molar-refractivity contribution in [1.82, 2.24) is 15.3 Å². The van der Waals surface area contributed by atoms with Crippen molar-refractivity contribution >= 4 is 0 Å². The Hall–Kier alpha value is -0.870. The van der Waals surface area contributed by atoms with E-state index in [1.807, 2.05) is 6.20 Å². The molecule has 1 heterocycles. The fourth-order valence-corrected chi connectivity index (χ4v) is 1.56. The summed E-state index contributed by atoms with van der Waals surface area (Å²) in [7, 11) is 0. The molecule has 0 saturated heterocycles. The van der Waals surface area contributed by atoms with Gasteiger partial charge in [0.2, 0.25) is 0 Å². The number of aliphatic hydroxyl groups excluding tert-OH is 1. The summed E-state index contributed by atoms with van der Waals surface area (Å²) in [6, 6.07) is 0. The van der Waals surface area contributed by atoms with Crippen molar-refractivity contribution in [2.24, 2.45) is 5.41 Å². The summed E-state index contributed by atoms with van der Waals surface area (Å²) < 4.78 is 0. The molecular formula is C11H21N3O. The first-order chi connectivity index (χ1) is 7.14. The zero-order chi connectivity index (χ0) is 11.1. The molecule has 15 heavy (non-hydrogen) atoms. The molecule has 4 heteroatoms. The van der Waals surface area contributed by atoms with Gasteiger partial charge in [0.15, 0.2) is 0 Å². The van der Waals surface area contributed by atoms with E-state index >= 15 is 0 Å². The lowest BCUT2D eigenvalue weighted by molar-refractivity contribution is 0.236. The minimum atomic E-state index is 0.239. The van der Waals surface area contributed by atoms with E-state index in [-0.39, 0.29) is 12.0 Å². The number of nitrogens with zero attached hydrogens (tertiary/aromatic N) is 1. The van der Waals surface area contributed by atoms with Crippen molar-refractivity contribution in [2.75, 3.05) is 13.2 Å². The van der Waals surface area contributed by atoms with Gasteiger partial charge in [0.25, 0.3) is 0 Å². The molecule has 86 valence electrons. The monoisotopic (exact) mass is 211 g/mol. The van der Waals surface area contributed by atoms with Crippen LogP contribution in [0.5, 0.6) is 0 Å². The van der Waals surface area contributed by atoms with Crippen LogP contribution >= 0.6 is 0 Å². The molecule has 1 aromatic heterocycles. The lowest BCUT2D eigenvalue weighted by Crippen LogP contribution is -2.29. The standard InChI is InChI=1S/C11H21N3O/c1-11(2,4-3-5-15)8-12-6-10-7-13-9-14-10/h7,9,12,15H,3-6,8H2,1-2H3,(H,13,14). The van der Waals surface area contributed by atoms with Gasteiger partial charge in [0.1, 0.15) is 0 Å². The highest BCUT2D eigenvalue weighted by Crippen LogP contribution is 2.20. The Morgan fingerprint density at radius 2 is 2.33 bits per heavy atom. The summed E-state index contributed by atoms with van der Waals surface area (Å²) in [5.41, 5.74) is 1.34. The topological polar surface area (TPSA) is 60.9 Å². The summed E-state index contributed by atoms with van der Waals surface area (Å²) in [4.78, 5) is 7.01. The molecule has 0 aliphatic heterocycles. The normalized spacial score (nSPS) is 11.9. The molecule has 0 spiro atoms. The Kier molecular flexibility index (Phi) is 4.78. The van der Waals surface area contributed by atoms with Gasteiger partial charge in [-0.2, -0.15) is 0 Å². The second kappa shape index (κ2) is 5.88.